The fourth-order valence-electron chi connectivity index (χ4n) is 4.23. The first-order valence-corrected chi connectivity index (χ1v) is 11.8. The Morgan fingerprint density at radius 3 is 1.32 bits per heavy atom. The van der Waals surface area contributed by atoms with Crippen LogP contribution >= 0.6 is 0 Å². The summed E-state index contributed by atoms with van der Waals surface area (Å²) in [5.41, 5.74) is 10.5. The van der Waals surface area contributed by atoms with Gasteiger partial charge in [0.05, 0.1) is 11.4 Å². The lowest BCUT2D eigenvalue weighted by Crippen LogP contribution is -2.10. The van der Waals surface area contributed by atoms with E-state index in [0.717, 1.165) is 22.5 Å². The molecule has 0 unspecified atom stereocenters. The van der Waals surface area contributed by atoms with E-state index >= 15 is 0 Å². The maximum atomic E-state index is 5.06. The van der Waals surface area contributed by atoms with Crippen LogP contribution in [0.2, 0.25) is 0 Å². The average Bonchev–Trinajstić information content (AvgIpc) is 2.89. The van der Waals surface area contributed by atoms with Crippen molar-refractivity contribution in [3.8, 4) is 44.8 Å². The van der Waals surface area contributed by atoms with Gasteiger partial charge in [0.2, 0.25) is 0 Å². The second kappa shape index (κ2) is 9.11. The molecule has 0 N–H and O–H groups in total. The van der Waals surface area contributed by atoms with Crippen LogP contribution in [0.15, 0.2) is 121 Å². The van der Waals surface area contributed by atoms with Crippen LogP contribution in [-0.4, -0.2) is 4.98 Å². The molecule has 0 atom stereocenters. The van der Waals surface area contributed by atoms with Crippen molar-refractivity contribution in [2.24, 2.45) is 0 Å². The summed E-state index contributed by atoms with van der Waals surface area (Å²) in [5.74, 6) is 0. The number of hydrogen-bond donors (Lipinski definition) is 0. The first-order chi connectivity index (χ1) is 16.5. The zero-order valence-corrected chi connectivity index (χ0v) is 20.0. The van der Waals surface area contributed by atoms with Crippen molar-refractivity contribution in [1.29, 1.82) is 0 Å². The van der Waals surface area contributed by atoms with E-state index < -0.39 is 0 Å². The van der Waals surface area contributed by atoms with Crippen LogP contribution in [0.4, 0.5) is 0 Å². The quantitative estimate of drug-likeness (QED) is 0.272. The Balaban J connectivity index is 1.58. The Morgan fingerprint density at radius 2 is 0.794 bits per heavy atom. The molecule has 0 saturated heterocycles. The normalized spacial score (nSPS) is 11.4. The molecule has 5 aromatic rings. The van der Waals surface area contributed by atoms with E-state index in [9.17, 15) is 0 Å². The van der Waals surface area contributed by atoms with E-state index in [1.54, 1.807) is 0 Å². The fourth-order valence-corrected chi connectivity index (χ4v) is 4.23. The van der Waals surface area contributed by atoms with E-state index in [4.69, 9.17) is 4.98 Å². The van der Waals surface area contributed by atoms with Crippen LogP contribution in [0.3, 0.4) is 0 Å². The summed E-state index contributed by atoms with van der Waals surface area (Å²) in [4.78, 5) is 5.06. The van der Waals surface area contributed by atoms with Crippen molar-refractivity contribution in [2.75, 3.05) is 0 Å². The third-order valence-corrected chi connectivity index (χ3v) is 6.27. The van der Waals surface area contributed by atoms with E-state index in [1.165, 1.54) is 27.8 Å². The lowest BCUT2D eigenvalue weighted by Gasteiger charge is -2.19. The minimum absolute atomic E-state index is 0.137. The van der Waals surface area contributed by atoms with Crippen molar-refractivity contribution in [3.05, 3.63) is 127 Å². The van der Waals surface area contributed by atoms with Crippen LogP contribution in [-0.2, 0) is 5.41 Å². The van der Waals surface area contributed by atoms with Gasteiger partial charge in [0.25, 0.3) is 0 Å². The minimum atomic E-state index is 0.137. The Bertz CT molecular complexity index is 1380. The van der Waals surface area contributed by atoms with E-state index in [2.05, 4.69) is 130 Å². The van der Waals surface area contributed by atoms with Gasteiger partial charge in [0.15, 0.2) is 0 Å². The topological polar surface area (TPSA) is 12.9 Å². The lowest BCUT2D eigenvalue weighted by atomic mass is 9.86. The Hall–Kier alpha value is -3.97. The zero-order valence-electron chi connectivity index (χ0n) is 20.0. The van der Waals surface area contributed by atoms with Crippen molar-refractivity contribution in [1.82, 2.24) is 4.98 Å². The second-order valence-electron chi connectivity index (χ2n) is 9.76. The van der Waals surface area contributed by atoms with Crippen LogP contribution in [0.5, 0.6) is 0 Å². The Kier molecular flexibility index (Phi) is 5.86. The summed E-state index contributed by atoms with van der Waals surface area (Å²) in [6.45, 7) is 6.75. The number of hydrogen-bond acceptors (Lipinski definition) is 1. The van der Waals surface area contributed by atoms with Gasteiger partial charge < -0.3 is 0 Å². The molecule has 0 aliphatic heterocycles. The molecule has 0 bridgehead atoms. The van der Waals surface area contributed by atoms with Gasteiger partial charge in [-0.1, -0.05) is 130 Å². The summed E-state index contributed by atoms with van der Waals surface area (Å²) < 4.78 is 0. The van der Waals surface area contributed by atoms with Gasteiger partial charge in [-0.3, -0.25) is 0 Å². The van der Waals surface area contributed by atoms with E-state index in [1.807, 2.05) is 12.1 Å². The maximum Gasteiger partial charge on any atom is 0.0715 e. The lowest BCUT2D eigenvalue weighted by molar-refractivity contribution is 0.590. The highest BCUT2D eigenvalue weighted by Crippen LogP contribution is 2.32. The maximum absolute atomic E-state index is 5.06. The van der Waals surface area contributed by atoms with Crippen molar-refractivity contribution >= 4 is 0 Å². The van der Waals surface area contributed by atoms with Crippen LogP contribution in [0, 0.1) is 0 Å². The van der Waals surface area contributed by atoms with E-state index in [0.29, 0.717) is 0 Å². The van der Waals surface area contributed by atoms with Crippen molar-refractivity contribution in [2.45, 2.75) is 26.2 Å². The molecule has 0 fully saturated rings. The first-order valence-electron chi connectivity index (χ1n) is 11.8. The predicted octanol–water partition coefficient (Wildman–Crippen LogP) is 9.05. The molecule has 5 rings (SSSR count). The number of nitrogens with zero attached hydrogens (tertiary/aromatic N) is 1. The fraction of sp³-hybridized carbons (Fsp3) is 0.121. The van der Waals surface area contributed by atoms with Gasteiger partial charge >= 0.3 is 0 Å². The number of rotatable bonds is 4. The third-order valence-electron chi connectivity index (χ3n) is 6.27. The SMILES string of the molecule is CC(C)(C)c1ccc(-c2cc(-c3ccccc3)nc(-c3ccc(-c4ccccc4)cc3)c2)cc1. The van der Waals surface area contributed by atoms with Crippen molar-refractivity contribution < 1.29 is 0 Å². The van der Waals surface area contributed by atoms with Crippen molar-refractivity contribution in [3.63, 3.8) is 0 Å². The largest absolute Gasteiger partial charge is 0.248 e. The molecule has 0 aliphatic carbocycles. The smallest absolute Gasteiger partial charge is 0.0715 e. The van der Waals surface area contributed by atoms with Crippen LogP contribution < -0.4 is 0 Å². The zero-order chi connectivity index (χ0) is 23.5. The molecule has 1 aromatic heterocycles. The molecule has 0 spiro atoms. The molecule has 0 radical (unpaired) electrons. The monoisotopic (exact) mass is 439 g/mol. The van der Waals surface area contributed by atoms with Gasteiger partial charge in [0.1, 0.15) is 0 Å². The number of pyridine rings is 1. The van der Waals surface area contributed by atoms with Gasteiger partial charge in [0, 0.05) is 11.1 Å². The van der Waals surface area contributed by atoms with Gasteiger partial charge in [-0.05, 0) is 45.4 Å². The van der Waals surface area contributed by atoms with E-state index in [-0.39, 0.29) is 5.41 Å². The highest BCUT2D eigenvalue weighted by Gasteiger charge is 2.14. The molecule has 166 valence electrons. The first kappa shape index (κ1) is 21.9. The summed E-state index contributed by atoms with van der Waals surface area (Å²) in [5, 5.41) is 0. The van der Waals surface area contributed by atoms with Gasteiger partial charge in [-0.15, -0.1) is 0 Å². The standard InChI is InChI=1S/C33H29N/c1-33(2,3)30-20-18-26(19-21-30)29-22-31(27-12-8-5-9-13-27)34-32(23-29)28-16-14-25(15-17-28)24-10-6-4-7-11-24/h4-23H,1-3H3. The molecule has 34 heavy (non-hydrogen) atoms. The Labute approximate surface area is 202 Å². The summed E-state index contributed by atoms with van der Waals surface area (Å²) >= 11 is 0. The summed E-state index contributed by atoms with van der Waals surface area (Å²) in [6, 6.07) is 42.9. The molecule has 4 aromatic carbocycles. The molecular formula is C33H29N. The molecule has 1 heterocycles. The number of benzene rings is 4. The summed E-state index contributed by atoms with van der Waals surface area (Å²) in [7, 11) is 0. The molecular weight excluding hydrogens is 410 g/mol. The van der Waals surface area contributed by atoms with Crippen LogP contribution in [0.25, 0.3) is 44.8 Å². The molecule has 1 nitrogen and oxygen atoms in total. The Morgan fingerprint density at radius 1 is 0.412 bits per heavy atom. The average molecular weight is 440 g/mol. The second-order valence-corrected chi connectivity index (χ2v) is 9.76. The molecule has 0 saturated carbocycles. The van der Waals surface area contributed by atoms with Gasteiger partial charge in [-0.25, -0.2) is 4.98 Å². The number of aromatic nitrogens is 1. The molecule has 0 amide bonds. The highest BCUT2D eigenvalue weighted by atomic mass is 14.7. The molecule has 1 heteroatoms. The summed E-state index contributed by atoms with van der Waals surface area (Å²) in [6.07, 6.45) is 0. The third kappa shape index (κ3) is 4.70. The highest BCUT2D eigenvalue weighted by molar-refractivity contribution is 5.77. The minimum Gasteiger partial charge on any atom is -0.248 e. The predicted molar refractivity (Wildman–Crippen MR) is 145 cm³/mol. The van der Waals surface area contributed by atoms with Gasteiger partial charge in [-0.2, -0.15) is 0 Å². The molecule has 0 aliphatic rings. The van der Waals surface area contributed by atoms with Crippen LogP contribution in [0.1, 0.15) is 26.3 Å².